The fourth-order valence-corrected chi connectivity index (χ4v) is 3.85. The summed E-state index contributed by atoms with van der Waals surface area (Å²) in [5.74, 6) is -0.299. The Labute approximate surface area is 169 Å². The summed E-state index contributed by atoms with van der Waals surface area (Å²) < 4.78 is 13.9. The fraction of sp³-hybridized carbons (Fsp3) is 0.304. The molecule has 29 heavy (non-hydrogen) atoms. The van der Waals surface area contributed by atoms with Crippen LogP contribution in [0.4, 0.5) is 4.39 Å². The fourth-order valence-electron chi connectivity index (χ4n) is 3.85. The van der Waals surface area contributed by atoms with Gasteiger partial charge in [-0.1, -0.05) is 36.4 Å². The number of aryl methyl sites for hydroxylation is 1. The highest BCUT2D eigenvalue weighted by Gasteiger charge is 2.24. The zero-order valence-electron chi connectivity index (χ0n) is 16.2. The van der Waals surface area contributed by atoms with E-state index < -0.39 is 0 Å². The van der Waals surface area contributed by atoms with Crippen LogP contribution in [0.15, 0.2) is 54.7 Å². The highest BCUT2D eigenvalue weighted by atomic mass is 19.1. The number of para-hydroxylation sites is 1. The number of aromatic amines is 1. The summed E-state index contributed by atoms with van der Waals surface area (Å²) in [4.78, 5) is 31.8. The Hall–Kier alpha value is -3.15. The summed E-state index contributed by atoms with van der Waals surface area (Å²) in [6.07, 6.45) is 3.29. The maximum absolute atomic E-state index is 13.9. The number of halogens is 1. The molecule has 2 aromatic carbocycles. The van der Waals surface area contributed by atoms with Crippen molar-refractivity contribution in [2.24, 2.45) is 0 Å². The van der Waals surface area contributed by atoms with Gasteiger partial charge in [0.1, 0.15) is 5.82 Å². The molecule has 0 unspecified atom stereocenters. The van der Waals surface area contributed by atoms with Crippen molar-refractivity contribution >= 4 is 22.7 Å². The molecule has 4 rings (SSSR count). The topological polar surface area (TPSA) is 56.4 Å². The predicted molar refractivity (Wildman–Crippen MR) is 110 cm³/mol. The molecule has 0 saturated carbocycles. The molecule has 0 radical (unpaired) electrons. The van der Waals surface area contributed by atoms with E-state index in [1.54, 1.807) is 28.0 Å². The molecule has 1 N–H and O–H groups in total. The largest absolute Gasteiger partial charge is 0.361 e. The Balaban J connectivity index is 1.35. The Morgan fingerprint density at radius 2 is 1.79 bits per heavy atom. The van der Waals surface area contributed by atoms with Gasteiger partial charge in [-0.15, -0.1) is 0 Å². The van der Waals surface area contributed by atoms with Gasteiger partial charge in [0, 0.05) is 61.7 Å². The van der Waals surface area contributed by atoms with E-state index in [2.05, 4.69) is 11.1 Å². The number of hydrogen-bond acceptors (Lipinski definition) is 2. The van der Waals surface area contributed by atoms with Crippen LogP contribution >= 0.6 is 0 Å². The van der Waals surface area contributed by atoms with Gasteiger partial charge in [0.05, 0.1) is 0 Å². The lowest BCUT2D eigenvalue weighted by molar-refractivity contribution is -0.131. The lowest BCUT2D eigenvalue weighted by Crippen LogP contribution is -2.35. The van der Waals surface area contributed by atoms with Crippen LogP contribution in [0, 0.1) is 5.82 Å². The highest BCUT2D eigenvalue weighted by Crippen LogP contribution is 2.20. The summed E-state index contributed by atoms with van der Waals surface area (Å²) >= 11 is 0. The second-order valence-corrected chi connectivity index (χ2v) is 7.40. The van der Waals surface area contributed by atoms with Gasteiger partial charge in [-0.3, -0.25) is 9.59 Å². The number of amides is 2. The first kappa shape index (κ1) is 19.2. The van der Waals surface area contributed by atoms with E-state index in [9.17, 15) is 14.0 Å². The molecule has 1 saturated heterocycles. The number of carbonyl (C=O) groups is 2. The van der Waals surface area contributed by atoms with E-state index >= 15 is 0 Å². The zero-order valence-corrected chi connectivity index (χ0v) is 16.2. The summed E-state index contributed by atoms with van der Waals surface area (Å²) in [6, 6.07) is 14.5. The molecule has 0 spiro atoms. The van der Waals surface area contributed by atoms with Crippen LogP contribution in [0.5, 0.6) is 0 Å². The number of aromatic nitrogens is 1. The van der Waals surface area contributed by atoms with Crippen LogP contribution in [0.2, 0.25) is 0 Å². The normalized spacial score (nSPS) is 15.0. The summed E-state index contributed by atoms with van der Waals surface area (Å²) in [5.41, 5.74) is 2.69. The average molecular weight is 393 g/mol. The van der Waals surface area contributed by atoms with Crippen molar-refractivity contribution in [1.29, 1.82) is 0 Å². The van der Waals surface area contributed by atoms with E-state index in [1.807, 2.05) is 24.4 Å². The number of nitrogens with zero attached hydrogens (tertiary/aromatic N) is 2. The van der Waals surface area contributed by atoms with Crippen LogP contribution in [0.3, 0.4) is 0 Å². The molecule has 150 valence electrons. The third-order valence-electron chi connectivity index (χ3n) is 5.54. The van der Waals surface area contributed by atoms with Crippen LogP contribution in [0.25, 0.3) is 10.9 Å². The number of hydrogen-bond donors (Lipinski definition) is 1. The molecule has 1 fully saturated rings. The maximum atomic E-state index is 13.9. The number of rotatable bonds is 5. The monoisotopic (exact) mass is 393 g/mol. The minimum absolute atomic E-state index is 0.0415. The molecule has 2 heterocycles. The molecule has 3 aromatic rings. The molecule has 1 aliphatic rings. The minimum atomic E-state index is -0.309. The Morgan fingerprint density at radius 1 is 1.00 bits per heavy atom. The van der Waals surface area contributed by atoms with Gasteiger partial charge in [-0.25, -0.2) is 4.39 Å². The molecule has 6 heteroatoms. The summed E-state index contributed by atoms with van der Waals surface area (Å²) in [6.45, 7) is 1.56. The van der Waals surface area contributed by atoms with Gasteiger partial charge in [0.2, 0.25) is 11.8 Å². The quantitative estimate of drug-likeness (QED) is 0.721. The second kappa shape index (κ2) is 8.47. The van der Waals surface area contributed by atoms with Gasteiger partial charge in [-0.2, -0.15) is 0 Å². The van der Waals surface area contributed by atoms with E-state index in [-0.39, 0.29) is 30.6 Å². The number of fused-ring (bicyclic) bond motifs is 1. The van der Waals surface area contributed by atoms with Gasteiger partial charge in [-0.05, 0) is 24.1 Å². The molecule has 2 amide bonds. The molecule has 0 bridgehead atoms. The first-order valence-corrected chi connectivity index (χ1v) is 9.96. The van der Waals surface area contributed by atoms with Crippen LogP contribution in [-0.4, -0.2) is 46.2 Å². The maximum Gasteiger partial charge on any atom is 0.224 e. The Morgan fingerprint density at radius 3 is 2.66 bits per heavy atom. The van der Waals surface area contributed by atoms with Gasteiger partial charge in [0.15, 0.2) is 0 Å². The number of H-pyrrole nitrogens is 1. The summed E-state index contributed by atoms with van der Waals surface area (Å²) in [7, 11) is 0. The van der Waals surface area contributed by atoms with Crippen LogP contribution < -0.4 is 0 Å². The van der Waals surface area contributed by atoms with E-state index in [0.717, 1.165) is 16.5 Å². The average Bonchev–Trinajstić information content (AvgIpc) is 3.06. The lowest BCUT2D eigenvalue weighted by Gasteiger charge is -2.22. The van der Waals surface area contributed by atoms with Crippen LogP contribution in [-0.2, 0) is 22.6 Å². The smallest absolute Gasteiger partial charge is 0.224 e. The van der Waals surface area contributed by atoms with Crippen molar-refractivity contribution in [3.8, 4) is 0 Å². The molecule has 1 aliphatic heterocycles. The van der Waals surface area contributed by atoms with Crippen molar-refractivity contribution in [2.45, 2.75) is 25.8 Å². The SMILES string of the molecule is O=C(CCc1c[nH]c2ccccc12)N1CCC(=O)N(Cc2ccccc2F)CC1. The van der Waals surface area contributed by atoms with Gasteiger partial charge < -0.3 is 14.8 Å². The van der Waals surface area contributed by atoms with Crippen molar-refractivity contribution in [3.05, 3.63) is 71.7 Å². The standard InChI is InChI=1S/C23H24FN3O2/c24-20-7-3-1-5-18(20)16-27-14-13-26(12-11-23(27)29)22(28)10-9-17-15-25-21-8-4-2-6-19(17)21/h1-8,15,25H,9-14,16H2. The Bertz CT molecular complexity index is 1030. The molecular weight excluding hydrogens is 369 g/mol. The summed E-state index contributed by atoms with van der Waals surface area (Å²) in [5, 5.41) is 1.14. The van der Waals surface area contributed by atoms with Crippen molar-refractivity contribution in [1.82, 2.24) is 14.8 Å². The first-order valence-electron chi connectivity index (χ1n) is 9.96. The number of benzene rings is 2. The van der Waals surface area contributed by atoms with Crippen LogP contribution in [0.1, 0.15) is 24.0 Å². The third-order valence-corrected chi connectivity index (χ3v) is 5.54. The third kappa shape index (κ3) is 4.31. The molecular formula is C23H24FN3O2. The van der Waals surface area contributed by atoms with E-state index in [1.165, 1.54) is 6.07 Å². The van der Waals surface area contributed by atoms with Crippen molar-refractivity contribution < 1.29 is 14.0 Å². The lowest BCUT2D eigenvalue weighted by atomic mass is 10.1. The number of carbonyl (C=O) groups excluding carboxylic acids is 2. The molecule has 0 atom stereocenters. The zero-order chi connectivity index (χ0) is 20.2. The first-order chi connectivity index (χ1) is 14.1. The van der Waals surface area contributed by atoms with E-state index in [0.29, 0.717) is 38.0 Å². The predicted octanol–water partition coefficient (Wildman–Crippen LogP) is 3.50. The number of nitrogens with one attached hydrogen (secondary N) is 1. The molecule has 0 aliphatic carbocycles. The highest BCUT2D eigenvalue weighted by molar-refractivity contribution is 5.84. The van der Waals surface area contributed by atoms with E-state index in [4.69, 9.17) is 0 Å². The second-order valence-electron chi connectivity index (χ2n) is 7.40. The minimum Gasteiger partial charge on any atom is -0.361 e. The van der Waals surface area contributed by atoms with Gasteiger partial charge in [0.25, 0.3) is 0 Å². The molecule has 1 aromatic heterocycles. The van der Waals surface area contributed by atoms with Crippen molar-refractivity contribution in [2.75, 3.05) is 19.6 Å². The molecule has 5 nitrogen and oxygen atoms in total. The Kier molecular flexibility index (Phi) is 5.60. The van der Waals surface area contributed by atoms with Crippen molar-refractivity contribution in [3.63, 3.8) is 0 Å². The van der Waals surface area contributed by atoms with Gasteiger partial charge >= 0.3 is 0 Å².